The van der Waals surface area contributed by atoms with Gasteiger partial charge in [0.2, 0.25) is 0 Å². The molecule has 6 nitrogen and oxygen atoms in total. The van der Waals surface area contributed by atoms with Gasteiger partial charge in [0.05, 0.1) is 23.4 Å². The lowest BCUT2D eigenvalue weighted by molar-refractivity contribution is 0.0409. The van der Waals surface area contributed by atoms with Crippen molar-refractivity contribution in [3.05, 3.63) is 18.2 Å². The molecule has 0 atom stereocenters. The van der Waals surface area contributed by atoms with E-state index in [1.807, 2.05) is 16.8 Å². The van der Waals surface area contributed by atoms with Gasteiger partial charge in [-0.15, -0.1) is 11.8 Å². The van der Waals surface area contributed by atoms with E-state index in [9.17, 15) is 4.79 Å². The molecule has 4 rings (SSSR count). The second-order valence-corrected chi connectivity index (χ2v) is 8.87. The Hall–Kier alpha value is -1.51. The number of thioether (sulfide) groups is 1. The maximum atomic E-state index is 12.7. The van der Waals surface area contributed by atoms with Crippen molar-refractivity contribution in [2.24, 2.45) is 0 Å². The molecule has 8 heteroatoms. The van der Waals surface area contributed by atoms with E-state index in [1.54, 1.807) is 23.1 Å². The number of piperidine rings is 1. The molecule has 2 aliphatic heterocycles. The molecule has 0 unspecified atom stereocenters. The first kappa shape index (κ1) is 18.8. The van der Waals surface area contributed by atoms with Crippen LogP contribution in [0.3, 0.4) is 0 Å². The molecular weight excluding hydrogens is 380 g/mol. The number of amides is 2. The SMILES string of the molecule is CSc1cccc2sc(N3CCC(N(C)C(=O)N4CCOCC4)CC3)nc12. The highest BCUT2D eigenvalue weighted by atomic mass is 32.2. The van der Waals surface area contributed by atoms with E-state index < -0.39 is 0 Å². The van der Waals surface area contributed by atoms with Crippen LogP contribution in [0.5, 0.6) is 0 Å². The number of thiazole rings is 1. The number of morpholine rings is 1. The van der Waals surface area contributed by atoms with Gasteiger partial charge in [-0.1, -0.05) is 17.4 Å². The number of anilines is 1. The molecule has 0 bridgehead atoms. The number of para-hydroxylation sites is 1. The van der Waals surface area contributed by atoms with Gasteiger partial charge in [0.15, 0.2) is 5.13 Å². The molecule has 0 saturated carbocycles. The van der Waals surface area contributed by atoms with Gasteiger partial charge in [-0.3, -0.25) is 0 Å². The van der Waals surface area contributed by atoms with Crippen molar-refractivity contribution in [2.75, 3.05) is 57.6 Å². The van der Waals surface area contributed by atoms with E-state index in [-0.39, 0.29) is 6.03 Å². The molecule has 146 valence electrons. The summed E-state index contributed by atoms with van der Waals surface area (Å²) in [4.78, 5) is 25.1. The molecular formula is C19H26N4O2S2. The number of fused-ring (bicyclic) bond motifs is 1. The second kappa shape index (κ2) is 8.24. The molecule has 0 N–H and O–H groups in total. The molecule has 3 heterocycles. The van der Waals surface area contributed by atoms with Crippen molar-refractivity contribution in [1.29, 1.82) is 0 Å². The third kappa shape index (κ3) is 3.88. The number of hydrogen-bond acceptors (Lipinski definition) is 6. The average molecular weight is 407 g/mol. The molecule has 0 aliphatic carbocycles. The molecule has 2 fully saturated rings. The van der Waals surface area contributed by atoms with Crippen LogP contribution in [0.1, 0.15) is 12.8 Å². The third-order valence-corrected chi connectivity index (χ3v) is 7.31. The molecule has 0 spiro atoms. The molecule has 2 amide bonds. The quantitative estimate of drug-likeness (QED) is 0.732. The largest absolute Gasteiger partial charge is 0.378 e. The van der Waals surface area contributed by atoms with Crippen molar-refractivity contribution in [2.45, 2.75) is 23.8 Å². The lowest BCUT2D eigenvalue weighted by Gasteiger charge is -2.39. The second-order valence-electron chi connectivity index (χ2n) is 7.01. The minimum atomic E-state index is 0.140. The maximum Gasteiger partial charge on any atom is 0.320 e. The van der Waals surface area contributed by atoms with E-state index in [0.29, 0.717) is 32.3 Å². The van der Waals surface area contributed by atoms with Crippen LogP contribution in [0.4, 0.5) is 9.93 Å². The zero-order valence-corrected chi connectivity index (χ0v) is 17.5. The van der Waals surface area contributed by atoms with E-state index in [1.165, 1.54) is 9.60 Å². The van der Waals surface area contributed by atoms with Crippen molar-refractivity contribution < 1.29 is 9.53 Å². The Morgan fingerprint density at radius 3 is 2.70 bits per heavy atom. The fraction of sp³-hybridized carbons (Fsp3) is 0.579. The Balaban J connectivity index is 1.39. The number of ether oxygens (including phenoxy) is 1. The van der Waals surface area contributed by atoms with Crippen molar-refractivity contribution in [3.8, 4) is 0 Å². The summed E-state index contributed by atoms with van der Waals surface area (Å²) in [5.74, 6) is 0. The predicted octanol–water partition coefficient (Wildman–Crippen LogP) is 3.37. The molecule has 0 radical (unpaired) electrons. The zero-order valence-electron chi connectivity index (χ0n) is 15.9. The monoisotopic (exact) mass is 406 g/mol. The summed E-state index contributed by atoms with van der Waals surface area (Å²) in [5, 5.41) is 1.10. The zero-order chi connectivity index (χ0) is 18.8. The number of nitrogens with zero attached hydrogens (tertiary/aromatic N) is 4. The highest BCUT2D eigenvalue weighted by molar-refractivity contribution is 7.98. The normalized spacial score (nSPS) is 18.9. The Kier molecular flexibility index (Phi) is 5.75. The number of hydrogen-bond donors (Lipinski definition) is 0. The fourth-order valence-corrected chi connectivity index (χ4v) is 5.46. The lowest BCUT2D eigenvalue weighted by atomic mass is 10.0. The smallest absolute Gasteiger partial charge is 0.320 e. The van der Waals surface area contributed by atoms with Crippen LogP contribution in [-0.2, 0) is 4.74 Å². The van der Waals surface area contributed by atoms with Gasteiger partial charge in [0.1, 0.15) is 0 Å². The minimum absolute atomic E-state index is 0.140. The van der Waals surface area contributed by atoms with Gasteiger partial charge in [0.25, 0.3) is 0 Å². The van der Waals surface area contributed by atoms with E-state index in [4.69, 9.17) is 9.72 Å². The van der Waals surface area contributed by atoms with Gasteiger partial charge in [-0.25, -0.2) is 9.78 Å². The van der Waals surface area contributed by atoms with E-state index in [0.717, 1.165) is 36.6 Å². The van der Waals surface area contributed by atoms with Gasteiger partial charge in [-0.2, -0.15) is 0 Å². The van der Waals surface area contributed by atoms with Crippen LogP contribution in [0.25, 0.3) is 10.2 Å². The van der Waals surface area contributed by atoms with Crippen LogP contribution in [-0.4, -0.2) is 79.6 Å². The number of carbonyl (C=O) groups is 1. The average Bonchev–Trinajstić information content (AvgIpc) is 3.18. The number of carbonyl (C=O) groups excluding carboxylic acids is 1. The molecule has 2 aromatic rings. The number of rotatable bonds is 3. The molecule has 1 aromatic heterocycles. The first-order valence-electron chi connectivity index (χ1n) is 9.45. The number of benzene rings is 1. The minimum Gasteiger partial charge on any atom is -0.378 e. The van der Waals surface area contributed by atoms with Crippen LogP contribution >= 0.6 is 23.1 Å². The maximum absolute atomic E-state index is 12.7. The highest BCUT2D eigenvalue weighted by Crippen LogP contribution is 2.35. The lowest BCUT2D eigenvalue weighted by Crippen LogP contribution is -2.52. The standard InChI is InChI=1S/C19H26N4O2S2/c1-21(19(24)23-10-12-25-13-11-23)14-6-8-22(9-7-14)18-20-17-15(26-2)4-3-5-16(17)27-18/h3-5,14H,6-13H2,1-2H3. The molecule has 2 saturated heterocycles. The Morgan fingerprint density at radius 1 is 1.26 bits per heavy atom. The number of aromatic nitrogens is 1. The summed E-state index contributed by atoms with van der Waals surface area (Å²) in [6, 6.07) is 6.83. The molecule has 27 heavy (non-hydrogen) atoms. The first-order valence-corrected chi connectivity index (χ1v) is 11.5. The van der Waals surface area contributed by atoms with Gasteiger partial charge >= 0.3 is 6.03 Å². The Labute approximate surface area is 168 Å². The van der Waals surface area contributed by atoms with Crippen molar-refractivity contribution in [3.63, 3.8) is 0 Å². The van der Waals surface area contributed by atoms with Crippen LogP contribution in [0, 0.1) is 0 Å². The van der Waals surface area contributed by atoms with Crippen LogP contribution in [0.15, 0.2) is 23.1 Å². The van der Waals surface area contributed by atoms with Crippen molar-refractivity contribution in [1.82, 2.24) is 14.8 Å². The van der Waals surface area contributed by atoms with Crippen LogP contribution in [0.2, 0.25) is 0 Å². The topological polar surface area (TPSA) is 48.9 Å². The summed E-state index contributed by atoms with van der Waals surface area (Å²) in [7, 11) is 1.94. The molecule has 1 aromatic carbocycles. The fourth-order valence-electron chi connectivity index (χ4n) is 3.79. The summed E-state index contributed by atoms with van der Waals surface area (Å²) in [6.07, 6.45) is 4.07. The van der Waals surface area contributed by atoms with Gasteiger partial charge < -0.3 is 19.4 Å². The first-order chi connectivity index (χ1) is 13.2. The predicted molar refractivity (Wildman–Crippen MR) is 112 cm³/mol. The summed E-state index contributed by atoms with van der Waals surface area (Å²) >= 11 is 3.52. The molecule has 2 aliphatic rings. The summed E-state index contributed by atoms with van der Waals surface area (Å²) in [6.45, 7) is 4.58. The Morgan fingerprint density at radius 2 is 2.00 bits per heavy atom. The summed E-state index contributed by atoms with van der Waals surface area (Å²) < 4.78 is 6.60. The summed E-state index contributed by atoms with van der Waals surface area (Å²) in [5.41, 5.74) is 1.12. The Bertz CT molecular complexity index is 798. The van der Waals surface area contributed by atoms with E-state index >= 15 is 0 Å². The van der Waals surface area contributed by atoms with Crippen LogP contribution < -0.4 is 4.90 Å². The van der Waals surface area contributed by atoms with Crippen molar-refractivity contribution >= 4 is 44.5 Å². The third-order valence-electron chi connectivity index (χ3n) is 5.46. The van der Waals surface area contributed by atoms with Gasteiger partial charge in [-0.05, 0) is 31.2 Å². The van der Waals surface area contributed by atoms with E-state index in [2.05, 4.69) is 29.4 Å². The highest BCUT2D eigenvalue weighted by Gasteiger charge is 2.29. The number of urea groups is 1. The van der Waals surface area contributed by atoms with Gasteiger partial charge in [0, 0.05) is 44.2 Å².